The van der Waals surface area contributed by atoms with E-state index in [-0.39, 0.29) is 5.54 Å². The van der Waals surface area contributed by atoms with Gasteiger partial charge < -0.3 is 4.57 Å². The molecule has 2 saturated carbocycles. The summed E-state index contributed by atoms with van der Waals surface area (Å²) in [6.45, 7) is 6.74. The summed E-state index contributed by atoms with van der Waals surface area (Å²) >= 11 is 3.54. The molecular weight excluding hydrogens is 290 g/mol. The van der Waals surface area contributed by atoms with E-state index in [1.165, 1.54) is 31.5 Å². The lowest BCUT2D eigenvalue weighted by atomic mass is 10.0. The van der Waals surface area contributed by atoms with E-state index in [0.717, 1.165) is 23.0 Å². The fraction of sp³-hybridized carbons (Fsp3) is 0.857. The highest BCUT2D eigenvalue weighted by Gasteiger charge is 2.54. The molecule has 1 aromatic rings. The van der Waals surface area contributed by atoms with E-state index in [1.54, 1.807) is 0 Å². The molecule has 100 valence electrons. The molecule has 2 unspecified atom stereocenters. The molecular formula is C14H22BrN3. The highest BCUT2D eigenvalue weighted by molar-refractivity contribution is 9.08. The predicted octanol–water partition coefficient (Wildman–Crippen LogP) is 3.83. The van der Waals surface area contributed by atoms with Crippen molar-refractivity contribution < 1.29 is 0 Å². The average Bonchev–Trinajstić information content (AvgIpc) is 2.88. The minimum Gasteiger partial charge on any atom is -0.309 e. The maximum atomic E-state index is 4.52. The third-order valence-electron chi connectivity index (χ3n) is 4.50. The Hall–Kier alpha value is -0.380. The molecule has 0 radical (unpaired) electrons. The first-order chi connectivity index (χ1) is 8.54. The Kier molecular flexibility index (Phi) is 3.04. The maximum absolute atomic E-state index is 4.52. The molecule has 0 amide bonds. The molecule has 2 aliphatic carbocycles. The molecule has 3 nitrogen and oxygen atoms in total. The first-order valence-electron chi connectivity index (χ1n) is 7.04. The number of nitrogens with zero attached hydrogens (tertiary/aromatic N) is 3. The molecule has 0 bridgehead atoms. The van der Waals surface area contributed by atoms with Crippen LogP contribution in [-0.4, -0.2) is 14.8 Å². The van der Waals surface area contributed by atoms with Crippen molar-refractivity contribution in [2.45, 2.75) is 63.2 Å². The summed E-state index contributed by atoms with van der Waals surface area (Å²) in [6.07, 6.45) is 5.62. The van der Waals surface area contributed by atoms with Gasteiger partial charge in [-0.1, -0.05) is 28.8 Å². The lowest BCUT2D eigenvalue weighted by molar-refractivity contribution is 0.371. The molecule has 0 saturated heterocycles. The van der Waals surface area contributed by atoms with Crippen molar-refractivity contribution >= 4 is 15.9 Å². The average molecular weight is 312 g/mol. The predicted molar refractivity (Wildman–Crippen MR) is 75.8 cm³/mol. The molecule has 1 aromatic heterocycles. The van der Waals surface area contributed by atoms with Gasteiger partial charge in [0.2, 0.25) is 0 Å². The van der Waals surface area contributed by atoms with Gasteiger partial charge in [0.05, 0.1) is 5.33 Å². The van der Waals surface area contributed by atoms with Gasteiger partial charge in [0, 0.05) is 11.5 Å². The Morgan fingerprint density at radius 2 is 1.78 bits per heavy atom. The second-order valence-corrected chi connectivity index (χ2v) is 7.31. The number of hydrogen-bond acceptors (Lipinski definition) is 2. The van der Waals surface area contributed by atoms with E-state index in [4.69, 9.17) is 0 Å². The van der Waals surface area contributed by atoms with Crippen LogP contribution in [0.15, 0.2) is 0 Å². The van der Waals surface area contributed by atoms with Gasteiger partial charge >= 0.3 is 0 Å². The van der Waals surface area contributed by atoms with Crippen LogP contribution in [0.1, 0.15) is 64.0 Å². The third-order valence-corrected chi connectivity index (χ3v) is 5.00. The molecule has 2 aliphatic rings. The summed E-state index contributed by atoms with van der Waals surface area (Å²) in [6, 6.07) is 0. The second-order valence-electron chi connectivity index (χ2n) is 6.75. The number of alkyl halides is 1. The van der Waals surface area contributed by atoms with Crippen molar-refractivity contribution in [1.29, 1.82) is 0 Å². The van der Waals surface area contributed by atoms with Crippen LogP contribution in [0.25, 0.3) is 0 Å². The van der Waals surface area contributed by atoms with E-state index in [2.05, 4.69) is 51.5 Å². The van der Waals surface area contributed by atoms with Gasteiger partial charge in [-0.3, -0.25) is 0 Å². The highest BCUT2D eigenvalue weighted by Crippen LogP contribution is 2.61. The summed E-state index contributed by atoms with van der Waals surface area (Å²) in [5, 5.41) is 9.70. The largest absolute Gasteiger partial charge is 0.309 e. The van der Waals surface area contributed by atoms with Crippen LogP contribution in [0.2, 0.25) is 0 Å². The van der Waals surface area contributed by atoms with Crippen molar-refractivity contribution in [1.82, 2.24) is 14.8 Å². The van der Waals surface area contributed by atoms with Crippen molar-refractivity contribution in [2.75, 3.05) is 0 Å². The number of hydrogen-bond donors (Lipinski definition) is 0. The van der Waals surface area contributed by atoms with E-state index in [1.807, 2.05) is 0 Å². The Morgan fingerprint density at radius 1 is 1.17 bits per heavy atom. The van der Waals surface area contributed by atoms with Crippen molar-refractivity contribution in [3.8, 4) is 0 Å². The molecule has 0 aliphatic heterocycles. The summed E-state index contributed by atoms with van der Waals surface area (Å²) in [5.41, 5.74) is 0.0771. The quantitative estimate of drug-likeness (QED) is 0.777. The van der Waals surface area contributed by atoms with Crippen molar-refractivity contribution in [3.05, 3.63) is 11.6 Å². The fourth-order valence-electron chi connectivity index (χ4n) is 3.74. The summed E-state index contributed by atoms with van der Waals surface area (Å²) in [5.74, 6) is 4.79. The second kappa shape index (κ2) is 4.32. The van der Waals surface area contributed by atoms with E-state index < -0.39 is 0 Å². The molecule has 0 aromatic carbocycles. The van der Waals surface area contributed by atoms with Gasteiger partial charge in [0.1, 0.15) is 11.6 Å². The maximum Gasteiger partial charge on any atom is 0.144 e. The summed E-state index contributed by atoms with van der Waals surface area (Å²) in [7, 11) is 0. The Bertz CT molecular complexity index is 434. The smallest absolute Gasteiger partial charge is 0.144 e. The summed E-state index contributed by atoms with van der Waals surface area (Å²) < 4.78 is 2.37. The topological polar surface area (TPSA) is 30.7 Å². The summed E-state index contributed by atoms with van der Waals surface area (Å²) in [4.78, 5) is 0. The standard InChI is InChI=1S/C14H22BrN3/c1-14(2,3)18-11(8-15)16-17-13(18)12-9-6-4-5-7-10(9)12/h9-10,12H,4-8H2,1-3H3. The van der Waals surface area contributed by atoms with Crippen LogP contribution >= 0.6 is 15.9 Å². The lowest BCUT2D eigenvalue weighted by Crippen LogP contribution is -2.26. The lowest BCUT2D eigenvalue weighted by Gasteiger charge is -2.24. The minimum absolute atomic E-state index is 0.0771. The van der Waals surface area contributed by atoms with Crippen LogP contribution in [0.4, 0.5) is 0 Å². The van der Waals surface area contributed by atoms with Gasteiger partial charge in [0.15, 0.2) is 0 Å². The first kappa shape index (κ1) is 12.6. The van der Waals surface area contributed by atoms with E-state index >= 15 is 0 Å². The zero-order chi connectivity index (χ0) is 12.9. The Labute approximate surface area is 117 Å². The molecule has 2 atom stereocenters. The van der Waals surface area contributed by atoms with Gasteiger partial charge in [-0.2, -0.15) is 0 Å². The molecule has 18 heavy (non-hydrogen) atoms. The zero-order valence-electron chi connectivity index (χ0n) is 11.5. The normalized spacial score (nSPS) is 31.2. The van der Waals surface area contributed by atoms with Crippen LogP contribution in [0.3, 0.4) is 0 Å². The van der Waals surface area contributed by atoms with E-state index in [0.29, 0.717) is 5.92 Å². The molecule has 0 spiro atoms. The molecule has 0 N–H and O–H groups in total. The van der Waals surface area contributed by atoms with Crippen LogP contribution < -0.4 is 0 Å². The number of fused-ring (bicyclic) bond motifs is 1. The SMILES string of the molecule is CC(C)(C)n1c(CBr)nnc1C1C2CCCCC21. The molecule has 4 heteroatoms. The monoisotopic (exact) mass is 311 g/mol. The highest BCUT2D eigenvalue weighted by atomic mass is 79.9. The fourth-order valence-corrected chi connectivity index (χ4v) is 4.10. The number of rotatable bonds is 2. The Balaban J connectivity index is 1.96. The first-order valence-corrected chi connectivity index (χ1v) is 8.17. The third kappa shape index (κ3) is 1.93. The molecule has 2 fully saturated rings. The molecule has 1 heterocycles. The van der Waals surface area contributed by atoms with Gasteiger partial charge in [-0.15, -0.1) is 10.2 Å². The Morgan fingerprint density at radius 3 is 2.28 bits per heavy atom. The van der Waals surface area contributed by atoms with Crippen molar-refractivity contribution in [3.63, 3.8) is 0 Å². The van der Waals surface area contributed by atoms with Gasteiger partial charge in [-0.05, 0) is 45.4 Å². The van der Waals surface area contributed by atoms with Crippen LogP contribution in [0, 0.1) is 11.8 Å². The molecule has 3 rings (SSSR count). The number of halogens is 1. The zero-order valence-corrected chi connectivity index (χ0v) is 13.1. The minimum atomic E-state index is 0.0771. The van der Waals surface area contributed by atoms with E-state index in [9.17, 15) is 0 Å². The van der Waals surface area contributed by atoms with Gasteiger partial charge in [-0.25, -0.2) is 0 Å². The van der Waals surface area contributed by atoms with Gasteiger partial charge in [0.25, 0.3) is 0 Å². The van der Waals surface area contributed by atoms with Crippen LogP contribution in [-0.2, 0) is 10.9 Å². The number of aromatic nitrogens is 3. The van der Waals surface area contributed by atoms with Crippen molar-refractivity contribution in [2.24, 2.45) is 11.8 Å². The van der Waals surface area contributed by atoms with Crippen LogP contribution in [0.5, 0.6) is 0 Å².